The summed E-state index contributed by atoms with van der Waals surface area (Å²) in [5, 5.41) is 9.92. The lowest BCUT2D eigenvalue weighted by Gasteiger charge is -2.15. The van der Waals surface area contributed by atoms with Crippen LogP contribution in [0.25, 0.3) is 122 Å². The van der Waals surface area contributed by atoms with Gasteiger partial charge in [0.05, 0.1) is 27.6 Å². The van der Waals surface area contributed by atoms with Crippen molar-refractivity contribution in [3.8, 4) is 51.0 Å². The minimum atomic E-state index is 0.616. The van der Waals surface area contributed by atoms with Crippen molar-refractivity contribution < 1.29 is 0 Å². The Kier molecular flexibility index (Phi) is 6.95. The van der Waals surface area contributed by atoms with Gasteiger partial charge in [-0.1, -0.05) is 152 Å². The Balaban J connectivity index is 1.15. The van der Waals surface area contributed by atoms with Crippen molar-refractivity contribution in [3.63, 3.8) is 0 Å². The van der Waals surface area contributed by atoms with Crippen LogP contribution in [-0.2, 0) is 0 Å². The summed E-state index contributed by atoms with van der Waals surface area (Å²) >= 11 is 0. The van der Waals surface area contributed by atoms with Crippen LogP contribution in [-0.4, -0.2) is 23.9 Å². The Morgan fingerprint density at radius 3 is 1.48 bits per heavy atom. The van der Waals surface area contributed by atoms with Gasteiger partial charge in [0.15, 0.2) is 17.5 Å². The minimum absolute atomic E-state index is 0.616. The highest BCUT2D eigenvalue weighted by molar-refractivity contribution is 6.26. The molecule has 4 aromatic heterocycles. The molecule has 5 nitrogen and oxygen atoms in total. The average molecular weight is 764 g/mol. The Morgan fingerprint density at radius 1 is 0.283 bits per heavy atom. The van der Waals surface area contributed by atoms with Crippen molar-refractivity contribution in [1.82, 2.24) is 23.9 Å². The fourth-order valence-corrected chi connectivity index (χ4v) is 9.51. The molecule has 0 unspecified atom stereocenters. The van der Waals surface area contributed by atoms with Crippen LogP contribution in [0.15, 0.2) is 200 Å². The Morgan fingerprint density at radius 2 is 0.783 bits per heavy atom. The molecule has 9 aromatic carbocycles. The van der Waals surface area contributed by atoms with Crippen molar-refractivity contribution in [3.05, 3.63) is 200 Å². The third-order valence-electron chi connectivity index (χ3n) is 12.2. The van der Waals surface area contributed by atoms with Gasteiger partial charge in [0, 0.05) is 54.7 Å². The molecule has 0 spiro atoms. The summed E-state index contributed by atoms with van der Waals surface area (Å²) in [4.78, 5) is 15.4. The number of rotatable bonds is 5. The van der Waals surface area contributed by atoms with Crippen molar-refractivity contribution in [1.29, 1.82) is 0 Å². The summed E-state index contributed by atoms with van der Waals surface area (Å²) in [6, 6.07) is 71.5. The second-order valence-electron chi connectivity index (χ2n) is 15.7. The first-order valence-electron chi connectivity index (χ1n) is 20.4. The Labute approximate surface area is 344 Å². The number of fused-ring (bicyclic) bond motifs is 10. The summed E-state index contributed by atoms with van der Waals surface area (Å²) in [6.07, 6.45) is 0. The average Bonchev–Trinajstić information content (AvgIpc) is 3.95. The molecule has 0 amide bonds. The number of benzene rings is 9. The molecule has 0 bridgehead atoms. The molecule has 0 aliphatic carbocycles. The summed E-state index contributed by atoms with van der Waals surface area (Å²) in [6.45, 7) is 0. The van der Waals surface area contributed by atoms with Crippen LogP contribution in [0.3, 0.4) is 0 Å². The van der Waals surface area contributed by atoms with Crippen molar-refractivity contribution in [2.75, 3.05) is 0 Å². The molecule has 0 aliphatic rings. The van der Waals surface area contributed by atoms with Crippen LogP contribution in [0.2, 0.25) is 0 Å². The first-order valence-corrected chi connectivity index (χ1v) is 20.4. The molecule has 5 heteroatoms. The molecule has 13 rings (SSSR count). The molecule has 0 saturated heterocycles. The maximum atomic E-state index is 5.20. The number of hydrogen-bond acceptors (Lipinski definition) is 3. The maximum absolute atomic E-state index is 5.20. The van der Waals surface area contributed by atoms with E-state index in [0.717, 1.165) is 44.5 Å². The zero-order valence-electron chi connectivity index (χ0n) is 32.3. The van der Waals surface area contributed by atoms with Gasteiger partial charge in [0.1, 0.15) is 0 Å². The van der Waals surface area contributed by atoms with Crippen LogP contribution in [0, 0.1) is 0 Å². The largest absolute Gasteiger partial charge is 0.309 e. The zero-order chi connectivity index (χ0) is 39.3. The van der Waals surface area contributed by atoms with Gasteiger partial charge in [-0.25, -0.2) is 15.0 Å². The monoisotopic (exact) mass is 763 g/mol. The predicted octanol–water partition coefficient (Wildman–Crippen LogP) is 13.9. The van der Waals surface area contributed by atoms with Gasteiger partial charge in [-0.15, -0.1) is 0 Å². The molecule has 0 atom stereocenters. The summed E-state index contributed by atoms with van der Waals surface area (Å²) < 4.78 is 4.93. The fraction of sp³-hybridized carbons (Fsp3) is 0. The third kappa shape index (κ3) is 4.90. The molecule has 0 radical (unpaired) electrons. The lowest BCUT2D eigenvalue weighted by Crippen LogP contribution is -2.02. The lowest BCUT2D eigenvalue weighted by molar-refractivity contribution is 1.07. The van der Waals surface area contributed by atoms with Gasteiger partial charge in [-0.2, -0.15) is 0 Å². The minimum Gasteiger partial charge on any atom is -0.309 e. The molecule has 13 aromatic rings. The van der Waals surface area contributed by atoms with E-state index in [9.17, 15) is 0 Å². The molecule has 60 heavy (non-hydrogen) atoms. The van der Waals surface area contributed by atoms with Crippen molar-refractivity contribution >= 4 is 70.7 Å². The molecule has 0 fully saturated rings. The van der Waals surface area contributed by atoms with Gasteiger partial charge in [-0.05, 0) is 70.4 Å². The van der Waals surface area contributed by atoms with E-state index in [0.29, 0.717) is 17.5 Å². The highest BCUT2D eigenvalue weighted by Gasteiger charge is 2.22. The second kappa shape index (κ2) is 12.7. The predicted molar refractivity (Wildman–Crippen MR) is 248 cm³/mol. The normalized spacial score (nSPS) is 12.0. The molecule has 4 heterocycles. The fourth-order valence-electron chi connectivity index (χ4n) is 9.51. The molecular weight excluding hydrogens is 731 g/mol. The highest BCUT2D eigenvalue weighted by atomic mass is 15.0. The summed E-state index contributed by atoms with van der Waals surface area (Å²) in [5.41, 5.74) is 12.0. The SMILES string of the molecule is c1ccc(-c2cc(-c3nc(-c4ccccc4)nc(-c4ccccc4)n3)cc(-n3c4cc5ccccc5cc4c4cc5c6cccc7c8ccccc8n(c5cc43)c76)c2)cc1. The first kappa shape index (κ1) is 32.9. The van der Waals surface area contributed by atoms with Crippen molar-refractivity contribution in [2.24, 2.45) is 0 Å². The van der Waals surface area contributed by atoms with Gasteiger partial charge < -0.3 is 8.97 Å². The van der Waals surface area contributed by atoms with E-state index >= 15 is 0 Å². The highest BCUT2D eigenvalue weighted by Crippen LogP contribution is 2.44. The first-order chi connectivity index (χ1) is 29.7. The number of para-hydroxylation sites is 2. The molecule has 278 valence electrons. The lowest BCUT2D eigenvalue weighted by atomic mass is 10.0. The standard InChI is InChI=1S/C55H33N5/c1-4-15-34(16-5-1)39-27-40(55-57-53(35-17-6-2-7-18-35)56-54(58-55)36-19-8-3-9-20-36)29-41(28-39)59-49-31-38-22-11-10-21-37(38)30-45(49)47-32-46-44-25-14-24-43-42-23-12-13-26-48(42)60(52(43)44)51(46)33-50(47)59/h1-33H. The van der Waals surface area contributed by atoms with E-state index in [1.54, 1.807) is 0 Å². The number of nitrogens with zero attached hydrogens (tertiary/aromatic N) is 5. The molecule has 0 N–H and O–H groups in total. The quantitative estimate of drug-likeness (QED) is 0.175. The number of hydrogen-bond donors (Lipinski definition) is 0. The smallest absolute Gasteiger partial charge is 0.164 e. The maximum Gasteiger partial charge on any atom is 0.164 e. The van der Waals surface area contributed by atoms with E-state index in [1.165, 1.54) is 59.6 Å². The summed E-state index contributed by atoms with van der Waals surface area (Å²) in [5.74, 6) is 1.88. The molecule has 0 aliphatic heterocycles. The molecule has 0 saturated carbocycles. The summed E-state index contributed by atoms with van der Waals surface area (Å²) in [7, 11) is 0. The van der Waals surface area contributed by atoms with Crippen LogP contribution >= 0.6 is 0 Å². The van der Waals surface area contributed by atoms with Crippen LogP contribution in [0.1, 0.15) is 0 Å². The van der Waals surface area contributed by atoms with Gasteiger partial charge in [0.25, 0.3) is 0 Å². The van der Waals surface area contributed by atoms with Crippen LogP contribution < -0.4 is 0 Å². The topological polar surface area (TPSA) is 48.0 Å². The van der Waals surface area contributed by atoms with E-state index in [2.05, 4.69) is 173 Å². The van der Waals surface area contributed by atoms with Crippen LogP contribution in [0.4, 0.5) is 0 Å². The van der Waals surface area contributed by atoms with Gasteiger partial charge in [0.2, 0.25) is 0 Å². The van der Waals surface area contributed by atoms with E-state index < -0.39 is 0 Å². The van der Waals surface area contributed by atoms with Crippen LogP contribution in [0.5, 0.6) is 0 Å². The Hall–Kier alpha value is -8.15. The van der Waals surface area contributed by atoms with E-state index in [-0.39, 0.29) is 0 Å². The van der Waals surface area contributed by atoms with E-state index in [1.807, 2.05) is 36.4 Å². The van der Waals surface area contributed by atoms with Gasteiger partial charge in [-0.3, -0.25) is 0 Å². The zero-order valence-corrected chi connectivity index (χ0v) is 32.3. The van der Waals surface area contributed by atoms with Gasteiger partial charge >= 0.3 is 0 Å². The molecular formula is C55H33N5. The number of aromatic nitrogens is 5. The van der Waals surface area contributed by atoms with Crippen molar-refractivity contribution in [2.45, 2.75) is 0 Å². The van der Waals surface area contributed by atoms with E-state index in [4.69, 9.17) is 15.0 Å². The Bertz CT molecular complexity index is 3750. The second-order valence-corrected chi connectivity index (χ2v) is 15.7. The third-order valence-corrected chi connectivity index (χ3v) is 12.2.